The van der Waals surface area contributed by atoms with Crippen LogP contribution in [0.3, 0.4) is 0 Å². The van der Waals surface area contributed by atoms with Crippen LogP contribution in [0.5, 0.6) is 0 Å². The Kier molecular flexibility index (Phi) is 8.70. The molecule has 82 valence electrons. The van der Waals surface area contributed by atoms with Crippen molar-refractivity contribution < 1.29 is 4.48 Å². The van der Waals surface area contributed by atoms with Crippen LogP contribution in [0.1, 0.15) is 39.5 Å². The summed E-state index contributed by atoms with van der Waals surface area (Å²) in [5, 5.41) is 0. The van der Waals surface area contributed by atoms with E-state index in [4.69, 9.17) is 6.42 Å². The Labute approximate surface area is 103 Å². The Morgan fingerprint density at radius 1 is 1.14 bits per heavy atom. The van der Waals surface area contributed by atoms with Gasteiger partial charge in [-0.3, -0.25) is 0 Å². The average Bonchev–Trinajstić information content (AvgIpc) is 2.22. The molecule has 0 aromatic rings. The number of terminal acetylenes is 1. The molecule has 0 aliphatic rings. The maximum atomic E-state index is 5.46. The maximum absolute atomic E-state index is 5.46. The van der Waals surface area contributed by atoms with Gasteiger partial charge in [-0.1, -0.05) is 26.7 Å². The van der Waals surface area contributed by atoms with E-state index in [1.807, 2.05) is 0 Å². The first-order valence-corrected chi connectivity index (χ1v) is 7.11. The highest BCUT2D eigenvalue weighted by Gasteiger charge is 2.23. The second kappa shape index (κ2) is 8.55. The summed E-state index contributed by atoms with van der Waals surface area (Å²) in [6.45, 7) is 7.91. The molecule has 0 heterocycles. The summed E-state index contributed by atoms with van der Waals surface area (Å²) >= 11 is 2.48. The molecule has 0 amide bonds. The summed E-state index contributed by atoms with van der Waals surface area (Å²) in [4.78, 5) is 0. The summed E-state index contributed by atoms with van der Waals surface area (Å²) in [5.41, 5.74) is 0. The largest absolute Gasteiger partial charge is 0.305 e. The van der Waals surface area contributed by atoms with Gasteiger partial charge < -0.3 is 4.48 Å². The maximum Gasteiger partial charge on any atom is 0.141 e. The number of quaternary nitrogens is 1. The summed E-state index contributed by atoms with van der Waals surface area (Å²) in [7, 11) is 0. The van der Waals surface area contributed by atoms with Crippen LogP contribution >= 0.6 is 22.6 Å². The summed E-state index contributed by atoms with van der Waals surface area (Å²) in [5.74, 6) is 2.84. The molecule has 0 fully saturated rings. The Morgan fingerprint density at radius 3 is 1.93 bits per heavy atom. The number of nitrogens with zero attached hydrogens (tertiary/aromatic N) is 1. The Balaban J connectivity index is 4.20. The molecule has 0 aliphatic heterocycles. The van der Waals surface area contributed by atoms with E-state index < -0.39 is 0 Å². The second-order valence-corrected chi connectivity index (χ2v) is 4.66. The Morgan fingerprint density at radius 2 is 1.64 bits per heavy atom. The fourth-order valence-electron chi connectivity index (χ4n) is 1.61. The monoisotopic (exact) mass is 308 g/mol. The van der Waals surface area contributed by atoms with Gasteiger partial charge in [0.15, 0.2) is 0 Å². The van der Waals surface area contributed by atoms with Crippen LogP contribution in [0, 0.1) is 12.3 Å². The smallest absolute Gasteiger partial charge is 0.141 e. The molecule has 0 aliphatic carbocycles. The third kappa shape index (κ3) is 5.21. The fraction of sp³-hybridized carbons (Fsp3) is 0.833. The Bertz CT molecular complexity index is 164. The molecule has 0 spiro atoms. The normalized spacial score (nSPS) is 11.3. The molecule has 0 rings (SSSR count). The third-order valence-electron chi connectivity index (χ3n) is 2.65. The fourth-order valence-corrected chi connectivity index (χ4v) is 2.54. The van der Waals surface area contributed by atoms with E-state index >= 15 is 0 Å². The van der Waals surface area contributed by atoms with Gasteiger partial charge in [-0.25, -0.2) is 0 Å². The molecule has 0 radical (unpaired) electrons. The van der Waals surface area contributed by atoms with Crippen molar-refractivity contribution in [2.75, 3.05) is 24.2 Å². The van der Waals surface area contributed by atoms with Crippen molar-refractivity contribution in [2.45, 2.75) is 39.5 Å². The van der Waals surface area contributed by atoms with Crippen molar-refractivity contribution in [1.82, 2.24) is 0 Å². The molecule has 2 heteroatoms. The second-order valence-electron chi connectivity index (χ2n) is 3.98. The first kappa shape index (κ1) is 14.2. The van der Waals surface area contributed by atoms with E-state index in [2.05, 4.69) is 42.4 Å². The van der Waals surface area contributed by atoms with Crippen molar-refractivity contribution in [1.29, 1.82) is 0 Å². The van der Waals surface area contributed by atoms with Gasteiger partial charge >= 0.3 is 0 Å². The molecule has 0 saturated heterocycles. The first-order chi connectivity index (χ1) is 6.74. The lowest BCUT2D eigenvalue weighted by Crippen LogP contribution is -2.48. The molecule has 0 atom stereocenters. The van der Waals surface area contributed by atoms with Crippen LogP contribution in [0.15, 0.2) is 0 Å². The van der Waals surface area contributed by atoms with E-state index in [1.54, 1.807) is 0 Å². The molecule has 0 N–H and O–H groups in total. The quantitative estimate of drug-likeness (QED) is 0.212. The van der Waals surface area contributed by atoms with Crippen LogP contribution in [-0.4, -0.2) is 28.7 Å². The van der Waals surface area contributed by atoms with Crippen molar-refractivity contribution in [3.05, 3.63) is 0 Å². The van der Waals surface area contributed by atoms with Gasteiger partial charge in [0, 0.05) is 0 Å². The van der Waals surface area contributed by atoms with E-state index in [-0.39, 0.29) is 0 Å². The Hall–Kier alpha value is 0.250. The zero-order valence-corrected chi connectivity index (χ0v) is 11.7. The van der Waals surface area contributed by atoms with E-state index in [0.29, 0.717) is 0 Å². The minimum Gasteiger partial charge on any atom is -0.305 e. The zero-order chi connectivity index (χ0) is 10.9. The van der Waals surface area contributed by atoms with Gasteiger partial charge in [0.2, 0.25) is 0 Å². The van der Waals surface area contributed by atoms with Gasteiger partial charge in [0.1, 0.15) is 11.1 Å². The van der Waals surface area contributed by atoms with Gasteiger partial charge in [-0.05, 0) is 41.4 Å². The van der Waals surface area contributed by atoms with Crippen molar-refractivity contribution >= 4 is 22.6 Å². The summed E-state index contributed by atoms with van der Waals surface area (Å²) < 4.78 is 2.28. The van der Waals surface area contributed by atoms with Gasteiger partial charge in [0.25, 0.3) is 0 Å². The topological polar surface area (TPSA) is 0 Å². The predicted molar refractivity (Wildman–Crippen MR) is 72.4 cm³/mol. The van der Waals surface area contributed by atoms with E-state index in [1.165, 1.54) is 38.8 Å². The number of halogens is 1. The minimum absolute atomic E-state index is 0.906. The molecule has 0 unspecified atom stereocenters. The lowest BCUT2D eigenvalue weighted by Gasteiger charge is -2.35. The SMILES string of the molecule is C#CC[N+](CI)(CCCC)CCCC. The molecule has 0 aromatic carbocycles. The number of hydrogen-bond donors (Lipinski definition) is 0. The first-order valence-electron chi connectivity index (χ1n) is 5.59. The minimum atomic E-state index is 0.906. The van der Waals surface area contributed by atoms with Gasteiger partial charge in [-0.15, -0.1) is 6.42 Å². The van der Waals surface area contributed by atoms with Crippen molar-refractivity contribution in [3.8, 4) is 12.3 Å². The lowest BCUT2D eigenvalue weighted by atomic mass is 10.2. The molecule has 0 aromatic heterocycles. The number of alkyl halides is 1. The summed E-state index contributed by atoms with van der Waals surface area (Å²) in [6, 6.07) is 0. The van der Waals surface area contributed by atoms with E-state index in [9.17, 15) is 0 Å². The van der Waals surface area contributed by atoms with Gasteiger partial charge in [0.05, 0.1) is 13.1 Å². The zero-order valence-electron chi connectivity index (χ0n) is 9.56. The van der Waals surface area contributed by atoms with Crippen LogP contribution < -0.4 is 0 Å². The number of rotatable bonds is 8. The molecule has 0 bridgehead atoms. The molecular formula is C12H23IN+. The van der Waals surface area contributed by atoms with Crippen LogP contribution in [-0.2, 0) is 0 Å². The average molecular weight is 308 g/mol. The van der Waals surface area contributed by atoms with Crippen LogP contribution in [0.4, 0.5) is 0 Å². The predicted octanol–water partition coefficient (Wildman–Crippen LogP) is 3.43. The number of unbranched alkanes of at least 4 members (excludes halogenated alkanes) is 2. The van der Waals surface area contributed by atoms with Crippen LogP contribution in [0.25, 0.3) is 0 Å². The van der Waals surface area contributed by atoms with Gasteiger partial charge in [-0.2, -0.15) is 0 Å². The molecule has 14 heavy (non-hydrogen) atoms. The third-order valence-corrected chi connectivity index (χ3v) is 4.10. The standard InChI is InChI=1S/C12H23IN/c1-4-7-10-14(12-13,9-6-3)11-8-5-2/h3H,4-5,7-12H2,1-2H3/q+1. The molecule has 0 saturated carbocycles. The summed E-state index contributed by atoms with van der Waals surface area (Å²) in [6.07, 6.45) is 10.6. The van der Waals surface area contributed by atoms with Crippen molar-refractivity contribution in [3.63, 3.8) is 0 Å². The van der Waals surface area contributed by atoms with Crippen molar-refractivity contribution in [2.24, 2.45) is 0 Å². The highest BCUT2D eigenvalue weighted by molar-refractivity contribution is 14.1. The van der Waals surface area contributed by atoms with Crippen LogP contribution in [0.2, 0.25) is 0 Å². The number of hydrogen-bond acceptors (Lipinski definition) is 0. The lowest BCUT2D eigenvalue weighted by molar-refractivity contribution is -0.906. The van der Waals surface area contributed by atoms with E-state index in [0.717, 1.165) is 15.6 Å². The molecular weight excluding hydrogens is 285 g/mol. The highest BCUT2D eigenvalue weighted by atomic mass is 127. The molecule has 1 nitrogen and oxygen atoms in total. The highest BCUT2D eigenvalue weighted by Crippen LogP contribution is 2.14.